The second-order valence-corrected chi connectivity index (χ2v) is 5.87. The molecule has 0 aromatic heterocycles. The third-order valence-corrected chi connectivity index (χ3v) is 4.46. The summed E-state index contributed by atoms with van der Waals surface area (Å²) in [6.45, 7) is 6.31. The van der Waals surface area contributed by atoms with E-state index in [-0.39, 0.29) is 12.4 Å². The Morgan fingerprint density at radius 2 is 2.00 bits per heavy atom. The van der Waals surface area contributed by atoms with Gasteiger partial charge in [0.25, 0.3) is 0 Å². The lowest BCUT2D eigenvalue weighted by atomic mass is 9.98. The monoisotopic (exact) mass is 280 g/mol. The number of nitrogens with one attached hydrogen (secondary N) is 1. The van der Waals surface area contributed by atoms with Gasteiger partial charge in [0.2, 0.25) is 0 Å². The van der Waals surface area contributed by atoms with Crippen LogP contribution in [-0.2, 0) is 0 Å². The number of likely N-dealkylation sites (tertiary alicyclic amines) is 1. The topological polar surface area (TPSA) is 15.3 Å². The molecular formula is C16H25ClN2. The van der Waals surface area contributed by atoms with E-state index in [2.05, 4.69) is 40.5 Å². The van der Waals surface area contributed by atoms with Gasteiger partial charge in [-0.15, -0.1) is 12.4 Å². The summed E-state index contributed by atoms with van der Waals surface area (Å²) in [5.74, 6) is 1.65. The SMILES string of the molecule is Cl.c1ccc(C2CCN(CC3CCCNC3)C2)cc1. The van der Waals surface area contributed by atoms with Crippen molar-refractivity contribution in [2.24, 2.45) is 5.92 Å². The molecule has 19 heavy (non-hydrogen) atoms. The Morgan fingerprint density at radius 1 is 1.16 bits per heavy atom. The van der Waals surface area contributed by atoms with Crippen molar-refractivity contribution in [1.29, 1.82) is 0 Å². The largest absolute Gasteiger partial charge is 0.316 e. The second kappa shape index (κ2) is 7.28. The van der Waals surface area contributed by atoms with Gasteiger partial charge in [0.05, 0.1) is 0 Å². The Kier molecular flexibility index (Phi) is 5.68. The molecule has 0 bridgehead atoms. The quantitative estimate of drug-likeness (QED) is 0.916. The maximum Gasteiger partial charge on any atom is 0.00509 e. The summed E-state index contributed by atoms with van der Waals surface area (Å²) in [6.07, 6.45) is 4.12. The van der Waals surface area contributed by atoms with Gasteiger partial charge in [-0.2, -0.15) is 0 Å². The molecule has 2 nitrogen and oxygen atoms in total. The smallest absolute Gasteiger partial charge is 0.00509 e. The summed E-state index contributed by atoms with van der Waals surface area (Å²) in [6, 6.07) is 11.0. The highest BCUT2D eigenvalue weighted by molar-refractivity contribution is 5.85. The van der Waals surface area contributed by atoms with E-state index >= 15 is 0 Å². The van der Waals surface area contributed by atoms with Crippen molar-refractivity contribution < 1.29 is 0 Å². The molecule has 0 radical (unpaired) electrons. The molecule has 1 aromatic rings. The van der Waals surface area contributed by atoms with Crippen LogP contribution >= 0.6 is 12.4 Å². The highest BCUT2D eigenvalue weighted by Gasteiger charge is 2.26. The minimum atomic E-state index is 0. The van der Waals surface area contributed by atoms with Crippen molar-refractivity contribution >= 4 is 12.4 Å². The molecule has 1 N–H and O–H groups in total. The number of benzene rings is 1. The van der Waals surface area contributed by atoms with Crippen LogP contribution in [0.2, 0.25) is 0 Å². The summed E-state index contributed by atoms with van der Waals surface area (Å²) < 4.78 is 0. The summed E-state index contributed by atoms with van der Waals surface area (Å²) >= 11 is 0. The van der Waals surface area contributed by atoms with E-state index in [9.17, 15) is 0 Å². The van der Waals surface area contributed by atoms with E-state index in [0.717, 1.165) is 11.8 Å². The predicted molar refractivity (Wildman–Crippen MR) is 83.1 cm³/mol. The van der Waals surface area contributed by atoms with Crippen LogP contribution in [0, 0.1) is 5.92 Å². The molecule has 2 heterocycles. The lowest BCUT2D eigenvalue weighted by Gasteiger charge is -2.27. The predicted octanol–water partition coefficient (Wildman–Crippen LogP) is 2.90. The highest BCUT2D eigenvalue weighted by Crippen LogP contribution is 2.28. The zero-order valence-corrected chi connectivity index (χ0v) is 12.4. The number of hydrogen-bond acceptors (Lipinski definition) is 2. The highest BCUT2D eigenvalue weighted by atomic mass is 35.5. The van der Waals surface area contributed by atoms with E-state index in [1.54, 1.807) is 0 Å². The van der Waals surface area contributed by atoms with Gasteiger partial charge in [0.15, 0.2) is 0 Å². The van der Waals surface area contributed by atoms with Crippen LogP contribution in [0.1, 0.15) is 30.7 Å². The minimum Gasteiger partial charge on any atom is -0.316 e. The van der Waals surface area contributed by atoms with Gasteiger partial charge in [0, 0.05) is 13.1 Å². The first-order valence-electron chi connectivity index (χ1n) is 7.40. The molecule has 1 aromatic carbocycles. The van der Waals surface area contributed by atoms with Crippen molar-refractivity contribution in [3.63, 3.8) is 0 Å². The number of halogens is 1. The first-order valence-corrected chi connectivity index (χ1v) is 7.40. The van der Waals surface area contributed by atoms with Gasteiger partial charge in [-0.25, -0.2) is 0 Å². The summed E-state index contributed by atoms with van der Waals surface area (Å²) in [4.78, 5) is 2.68. The fourth-order valence-corrected chi connectivity index (χ4v) is 3.44. The van der Waals surface area contributed by atoms with Gasteiger partial charge < -0.3 is 10.2 Å². The molecule has 2 atom stereocenters. The molecule has 2 saturated heterocycles. The van der Waals surface area contributed by atoms with Crippen molar-refractivity contribution in [3.8, 4) is 0 Å². The standard InChI is InChI=1S/C16H24N2.ClH/c1-2-6-15(7-3-1)16-8-10-18(13-16)12-14-5-4-9-17-11-14;/h1-3,6-7,14,16-17H,4-5,8-13H2;1H. The van der Waals surface area contributed by atoms with Crippen LogP contribution in [0.3, 0.4) is 0 Å². The molecule has 0 amide bonds. The number of nitrogens with zero attached hydrogens (tertiary/aromatic N) is 1. The summed E-state index contributed by atoms with van der Waals surface area (Å²) in [5, 5.41) is 3.53. The Balaban J connectivity index is 0.00000133. The van der Waals surface area contributed by atoms with E-state index in [0.29, 0.717) is 0 Å². The van der Waals surface area contributed by atoms with Crippen LogP contribution in [0.5, 0.6) is 0 Å². The van der Waals surface area contributed by atoms with E-state index < -0.39 is 0 Å². The molecule has 2 fully saturated rings. The maximum atomic E-state index is 3.53. The average molecular weight is 281 g/mol. The third kappa shape index (κ3) is 3.95. The summed E-state index contributed by atoms with van der Waals surface area (Å²) in [7, 11) is 0. The second-order valence-electron chi connectivity index (χ2n) is 5.87. The van der Waals surface area contributed by atoms with Gasteiger partial charge >= 0.3 is 0 Å². The van der Waals surface area contributed by atoms with E-state index in [1.807, 2.05) is 0 Å². The Morgan fingerprint density at radius 3 is 2.74 bits per heavy atom. The van der Waals surface area contributed by atoms with E-state index in [4.69, 9.17) is 0 Å². The molecule has 2 aliphatic heterocycles. The molecule has 0 spiro atoms. The molecule has 2 unspecified atom stereocenters. The molecule has 0 saturated carbocycles. The normalized spacial score (nSPS) is 28.0. The molecule has 2 aliphatic rings. The Bertz CT molecular complexity index is 362. The summed E-state index contributed by atoms with van der Waals surface area (Å²) in [5.41, 5.74) is 1.53. The van der Waals surface area contributed by atoms with Gasteiger partial charge in [-0.3, -0.25) is 0 Å². The van der Waals surface area contributed by atoms with Gasteiger partial charge in [-0.1, -0.05) is 30.3 Å². The third-order valence-electron chi connectivity index (χ3n) is 4.46. The molecule has 106 valence electrons. The van der Waals surface area contributed by atoms with E-state index in [1.165, 1.54) is 57.5 Å². The average Bonchev–Trinajstić information content (AvgIpc) is 2.89. The van der Waals surface area contributed by atoms with Crippen LogP contribution in [0.4, 0.5) is 0 Å². The van der Waals surface area contributed by atoms with Crippen LogP contribution in [-0.4, -0.2) is 37.6 Å². The fraction of sp³-hybridized carbons (Fsp3) is 0.625. The fourth-order valence-electron chi connectivity index (χ4n) is 3.44. The van der Waals surface area contributed by atoms with Gasteiger partial charge in [-0.05, 0) is 56.3 Å². The van der Waals surface area contributed by atoms with Crippen LogP contribution < -0.4 is 5.32 Å². The Labute approximate surface area is 123 Å². The van der Waals surface area contributed by atoms with Gasteiger partial charge in [0.1, 0.15) is 0 Å². The zero-order chi connectivity index (χ0) is 12.2. The first kappa shape index (κ1) is 14.8. The molecule has 3 rings (SSSR count). The number of hydrogen-bond donors (Lipinski definition) is 1. The lowest BCUT2D eigenvalue weighted by molar-refractivity contribution is 0.242. The Hall–Kier alpha value is -0.570. The number of piperidine rings is 1. The maximum absolute atomic E-state index is 3.53. The van der Waals surface area contributed by atoms with Crippen molar-refractivity contribution in [2.45, 2.75) is 25.2 Å². The van der Waals surface area contributed by atoms with Crippen molar-refractivity contribution in [2.75, 3.05) is 32.7 Å². The van der Waals surface area contributed by atoms with Crippen LogP contribution in [0.25, 0.3) is 0 Å². The zero-order valence-electron chi connectivity index (χ0n) is 11.6. The minimum absolute atomic E-state index is 0. The molecule has 0 aliphatic carbocycles. The number of rotatable bonds is 3. The van der Waals surface area contributed by atoms with Crippen molar-refractivity contribution in [1.82, 2.24) is 10.2 Å². The van der Waals surface area contributed by atoms with Crippen LogP contribution in [0.15, 0.2) is 30.3 Å². The van der Waals surface area contributed by atoms with Crippen molar-refractivity contribution in [3.05, 3.63) is 35.9 Å². The lowest BCUT2D eigenvalue weighted by Crippen LogP contribution is -2.37. The molecular weight excluding hydrogens is 256 g/mol. The first-order chi connectivity index (χ1) is 8.92. The molecule has 3 heteroatoms.